The second-order valence-corrected chi connectivity index (χ2v) is 10.0. The highest BCUT2D eigenvalue weighted by atomic mass is 35.5. The molecule has 2 aromatic heterocycles. The zero-order chi connectivity index (χ0) is 20.5. The third-order valence-electron chi connectivity index (χ3n) is 4.20. The molecule has 1 fully saturated rings. The normalized spacial score (nSPS) is 19.9. The zero-order valence-corrected chi connectivity index (χ0v) is 17.1. The maximum Gasteiger partial charge on any atom is 0.320 e. The number of hydrogen-bond acceptors (Lipinski definition) is 7. The summed E-state index contributed by atoms with van der Waals surface area (Å²) in [4.78, 5) is 37.2. The fourth-order valence-corrected chi connectivity index (χ4v) is 5.71. The molecule has 0 spiro atoms. The van der Waals surface area contributed by atoms with Crippen LogP contribution in [0.3, 0.4) is 0 Å². The molecule has 0 bridgehead atoms. The predicted molar refractivity (Wildman–Crippen MR) is 104 cm³/mol. The maximum atomic E-state index is 13.0. The van der Waals surface area contributed by atoms with Gasteiger partial charge in [0.25, 0.3) is 11.8 Å². The highest BCUT2D eigenvalue weighted by Crippen LogP contribution is 2.22. The summed E-state index contributed by atoms with van der Waals surface area (Å²) in [7, 11) is -1.40. The highest BCUT2D eigenvalue weighted by Gasteiger charge is 2.31. The van der Waals surface area contributed by atoms with E-state index in [1.807, 2.05) is 0 Å². The molecule has 1 saturated heterocycles. The van der Waals surface area contributed by atoms with Gasteiger partial charge in [-0.15, -0.1) is 11.3 Å². The Balaban J connectivity index is 1.80. The van der Waals surface area contributed by atoms with Crippen molar-refractivity contribution in [1.82, 2.24) is 14.7 Å². The molecule has 0 aliphatic carbocycles. The molecule has 0 N–H and O–H groups in total. The Morgan fingerprint density at radius 2 is 2.14 bits per heavy atom. The first-order chi connectivity index (χ1) is 13.2. The van der Waals surface area contributed by atoms with Crippen molar-refractivity contribution in [2.24, 2.45) is 11.4 Å². The molecule has 1 unspecified atom stereocenters. The molecule has 0 aromatic carbocycles. The van der Waals surface area contributed by atoms with Gasteiger partial charge in [0, 0.05) is 37.0 Å². The number of aromatic nitrogens is 2. The number of aryl methyl sites for hydroxylation is 1. The van der Waals surface area contributed by atoms with Crippen molar-refractivity contribution < 1.29 is 18.7 Å². The van der Waals surface area contributed by atoms with Gasteiger partial charge >= 0.3 is 5.69 Å². The Bertz CT molecular complexity index is 1070. The molecule has 10 nitrogen and oxygen atoms in total. The second kappa shape index (κ2) is 7.97. The molecule has 3 rings (SSSR count). The molecule has 150 valence electrons. The van der Waals surface area contributed by atoms with E-state index in [0.29, 0.717) is 16.3 Å². The summed E-state index contributed by atoms with van der Waals surface area (Å²) in [5, 5.41) is 16.9. The van der Waals surface area contributed by atoms with Crippen molar-refractivity contribution in [2.45, 2.75) is 6.42 Å². The van der Waals surface area contributed by atoms with Crippen LogP contribution >= 0.6 is 22.9 Å². The van der Waals surface area contributed by atoms with Gasteiger partial charge in [-0.1, -0.05) is 11.6 Å². The van der Waals surface area contributed by atoms with Crippen LogP contribution in [0.4, 0.5) is 5.69 Å². The summed E-state index contributed by atoms with van der Waals surface area (Å²) in [5.74, 6) is -0.986. The van der Waals surface area contributed by atoms with Gasteiger partial charge in [0.15, 0.2) is 0 Å². The van der Waals surface area contributed by atoms with Crippen LogP contribution in [0.25, 0.3) is 0 Å². The van der Waals surface area contributed by atoms with Crippen LogP contribution in [0.2, 0.25) is 5.02 Å². The Hall–Kier alpha value is -2.31. The Kier molecular flexibility index (Phi) is 5.82. The Morgan fingerprint density at radius 3 is 2.79 bits per heavy atom. The van der Waals surface area contributed by atoms with Crippen molar-refractivity contribution >= 4 is 50.2 Å². The SMILES string of the molecule is Cn1ncc([N+](=O)[O-])c1C(=O)N1CCCS(=O)(=NC(=O)c2cc(Cl)cs2)CC1. The van der Waals surface area contributed by atoms with Gasteiger partial charge in [-0.2, -0.15) is 9.46 Å². The maximum absolute atomic E-state index is 13.0. The fourth-order valence-electron chi connectivity index (χ4n) is 2.82. The minimum Gasteiger partial charge on any atom is -0.336 e. The average molecular weight is 446 g/mol. The average Bonchev–Trinajstić information content (AvgIpc) is 3.17. The number of halogens is 1. The smallest absolute Gasteiger partial charge is 0.320 e. The topological polar surface area (TPSA) is 128 Å². The molecule has 13 heteroatoms. The van der Waals surface area contributed by atoms with Crippen LogP contribution in [0.1, 0.15) is 26.6 Å². The van der Waals surface area contributed by atoms with Crippen LogP contribution in [-0.4, -0.2) is 60.2 Å². The lowest BCUT2D eigenvalue weighted by atomic mass is 10.3. The van der Waals surface area contributed by atoms with Crippen molar-refractivity contribution in [3.8, 4) is 0 Å². The minimum absolute atomic E-state index is 0.00916. The summed E-state index contributed by atoms with van der Waals surface area (Å²) in [5.41, 5.74) is -0.522. The molecule has 0 radical (unpaired) electrons. The summed E-state index contributed by atoms with van der Waals surface area (Å²) >= 11 is 6.93. The van der Waals surface area contributed by atoms with E-state index < -0.39 is 26.5 Å². The van der Waals surface area contributed by atoms with Crippen molar-refractivity contribution in [3.63, 3.8) is 0 Å². The number of hydrogen-bond donors (Lipinski definition) is 0. The van der Waals surface area contributed by atoms with E-state index >= 15 is 0 Å². The monoisotopic (exact) mass is 445 g/mol. The van der Waals surface area contributed by atoms with Gasteiger partial charge in [0.1, 0.15) is 6.20 Å². The number of nitro groups is 1. The van der Waals surface area contributed by atoms with Crippen LogP contribution in [-0.2, 0) is 16.8 Å². The van der Waals surface area contributed by atoms with Crippen molar-refractivity contribution in [1.29, 1.82) is 0 Å². The lowest BCUT2D eigenvalue weighted by Crippen LogP contribution is -2.35. The summed E-state index contributed by atoms with van der Waals surface area (Å²) in [6, 6.07) is 1.47. The summed E-state index contributed by atoms with van der Waals surface area (Å²) < 4.78 is 18.1. The predicted octanol–water partition coefficient (Wildman–Crippen LogP) is 2.20. The molecular formula is C15H16ClN5O5S2. The van der Waals surface area contributed by atoms with Gasteiger partial charge in [-0.25, -0.2) is 4.21 Å². The first-order valence-electron chi connectivity index (χ1n) is 8.17. The van der Waals surface area contributed by atoms with Crippen LogP contribution in [0.15, 0.2) is 22.0 Å². The van der Waals surface area contributed by atoms with Crippen LogP contribution in [0, 0.1) is 10.1 Å². The second-order valence-electron chi connectivity index (χ2n) is 6.11. The third kappa shape index (κ3) is 4.23. The Labute approximate surface area is 169 Å². The van der Waals surface area contributed by atoms with Gasteiger partial charge in [0.05, 0.1) is 24.6 Å². The lowest BCUT2D eigenvalue weighted by molar-refractivity contribution is -0.385. The first kappa shape index (κ1) is 20.4. The number of carbonyl (C=O) groups is 2. The van der Waals surface area contributed by atoms with Crippen molar-refractivity contribution in [3.05, 3.63) is 43.4 Å². The molecule has 1 aliphatic rings. The molecule has 2 amide bonds. The van der Waals surface area contributed by atoms with Gasteiger partial charge in [-0.3, -0.25) is 24.4 Å². The van der Waals surface area contributed by atoms with Crippen molar-refractivity contribution in [2.75, 3.05) is 24.6 Å². The number of nitrogens with zero attached hydrogens (tertiary/aromatic N) is 5. The number of carbonyl (C=O) groups excluding carboxylic acids is 2. The number of rotatable bonds is 3. The summed E-state index contributed by atoms with van der Waals surface area (Å²) in [6.07, 6.45) is 1.38. The molecule has 0 saturated carbocycles. The number of thiophene rings is 1. The van der Waals surface area contributed by atoms with Gasteiger partial charge < -0.3 is 4.90 Å². The third-order valence-corrected chi connectivity index (χ3v) is 7.72. The van der Waals surface area contributed by atoms with Gasteiger partial charge in [-0.05, 0) is 12.5 Å². The molecule has 3 heterocycles. The van der Waals surface area contributed by atoms with E-state index in [2.05, 4.69) is 9.46 Å². The lowest BCUT2D eigenvalue weighted by Gasteiger charge is -2.19. The standard InChI is InChI=1S/C15H16ClN5O5S2/c1-19-13(11(8-17-19)21(24)25)15(23)20-3-2-5-28(26,6-4-20)18-14(22)12-7-10(16)9-27-12/h7-9H,2-6H2,1H3. The molecule has 1 atom stereocenters. The van der Waals surface area contributed by atoms with E-state index in [0.717, 1.165) is 22.2 Å². The molecule has 2 aromatic rings. The fraction of sp³-hybridized carbons (Fsp3) is 0.400. The van der Waals surface area contributed by atoms with E-state index in [-0.39, 0.29) is 36.0 Å². The highest BCUT2D eigenvalue weighted by molar-refractivity contribution is 7.93. The van der Waals surface area contributed by atoms with Gasteiger partial charge in [0.2, 0.25) is 5.69 Å². The molecular weight excluding hydrogens is 430 g/mol. The summed E-state index contributed by atoms with van der Waals surface area (Å²) in [6.45, 7) is 0.328. The molecule has 28 heavy (non-hydrogen) atoms. The molecule has 1 aliphatic heterocycles. The first-order valence-corrected chi connectivity index (χ1v) is 11.3. The van der Waals surface area contributed by atoms with E-state index in [9.17, 15) is 23.9 Å². The Morgan fingerprint density at radius 1 is 1.39 bits per heavy atom. The van der Waals surface area contributed by atoms with E-state index in [4.69, 9.17) is 11.6 Å². The van der Waals surface area contributed by atoms with E-state index in [1.54, 1.807) is 5.38 Å². The largest absolute Gasteiger partial charge is 0.336 e. The van der Waals surface area contributed by atoms with E-state index in [1.165, 1.54) is 18.0 Å². The minimum atomic E-state index is -2.85. The zero-order valence-electron chi connectivity index (χ0n) is 14.7. The number of amides is 2. The van der Waals surface area contributed by atoms with Crippen LogP contribution in [0.5, 0.6) is 0 Å². The van der Waals surface area contributed by atoms with Crippen LogP contribution < -0.4 is 0 Å². The quantitative estimate of drug-likeness (QED) is 0.526.